The summed E-state index contributed by atoms with van der Waals surface area (Å²) in [5.41, 5.74) is 2.37. The van der Waals surface area contributed by atoms with E-state index in [0.717, 1.165) is 22.2 Å². The van der Waals surface area contributed by atoms with Gasteiger partial charge in [0.25, 0.3) is 0 Å². The minimum atomic E-state index is -0.320. The van der Waals surface area contributed by atoms with E-state index in [9.17, 15) is 4.79 Å². The molecule has 0 saturated carbocycles. The van der Waals surface area contributed by atoms with E-state index in [0.29, 0.717) is 5.16 Å². The maximum atomic E-state index is 12.6. The number of hydrogen-bond acceptors (Lipinski definition) is 5. The highest BCUT2D eigenvalue weighted by atomic mass is 32.2. The molecule has 0 aliphatic heterocycles. The second-order valence-corrected chi connectivity index (χ2v) is 6.84. The van der Waals surface area contributed by atoms with Crippen molar-refractivity contribution in [3.63, 3.8) is 0 Å². The third-order valence-electron chi connectivity index (χ3n) is 3.84. The van der Waals surface area contributed by atoms with Crippen LogP contribution in [0.3, 0.4) is 0 Å². The predicted molar refractivity (Wildman–Crippen MR) is 98.7 cm³/mol. The molecular formula is C18H15N5OS. The number of rotatable bonds is 4. The molecule has 4 rings (SSSR count). The van der Waals surface area contributed by atoms with Gasteiger partial charge in [0.2, 0.25) is 5.91 Å². The average molecular weight is 349 g/mol. The Morgan fingerprint density at radius 1 is 1.12 bits per heavy atom. The van der Waals surface area contributed by atoms with Crippen molar-refractivity contribution in [2.75, 3.05) is 5.32 Å². The van der Waals surface area contributed by atoms with Crippen molar-refractivity contribution in [2.24, 2.45) is 0 Å². The maximum Gasteiger partial charge on any atom is 0.237 e. The number of carbonyl (C=O) groups is 1. The van der Waals surface area contributed by atoms with Crippen molar-refractivity contribution >= 4 is 39.9 Å². The molecule has 1 amide bonds. The van der Waals surface area contributed by atoms with Crippen LogP contribution in [-0.2, 0) is 4.79 Å². The number of pyridine rings is 2. The summed E-state index contributed by atoms with van der Waals surface area (Å²) in [5.74, 6) is -0.0889. The largest absolute Gasteiger partial charge is 0.324 e. The molecule has 0 saturated heterocycles. The highest BCUT2D eigenvalue weighted by molar-refractivity contribution is 8.00. The Morgan fingerprint density at radius 2 is 2.04 bits per heavy atom. The van der Waals surface area contributed by atoms with Crippen LogP contribution >= 0.6 is 11.8 Å². The number of fused-ring (bicyclic) bond motifs is 2. The van der Waals surface area contributed by atoms with Gasteiger partial charge in [-0.1, -0.05) is 23.9 Å². The molecule has 25 heavy (non-hydrogen) atoms. The number of thioether (sulfide) groups is 1. The second-order valence-electron chi connectivity index (χ2n) is 5.54. The van der Waals surface area contributed by atoms with Crippen molar-refractivity contribution in [1.29, 1.82) is 0 Å². The van der Waals surface area contributed by atoms with Crippen molar-refractivity contribution in [1.82, 2.24) is 19.6 Å². The first kappa shape index (κ1) is 15.6. The third kappa shape index (κ3) is 3.06. The lowest BCUT2D eigenvalue weighted by Crippen LogP contribution is -2.22. The van der Waals surface area contributed by atoms with Crippen LogP contribution in [0.4, 0.5) is 5.69 Å². The number of hydrogen-bond donors (Lipinski definition) is 1. The Bertz CT molecular complexity index is 1060. The molecule has 1 atom stereocenters. The molecule has 7 heteroatoms. The van der Waals surface area contributed by atoms with Crippen LogP contribution in [0.15, 0.2) is 66.1 Å². The van der Waals surface area contributed by atoms with Crippen molar-refractivity contribution < 1.29 is 4.79 Å². The molecule has 4 aromatic rings. The van der Waals surface area contributed by atoms with Gasteiger partial charge in [0.05, 0.1) is 16.5 Å². The number of carbonyl (C=O) groups excluding carboxylic acids is 1. The molecule has 6 nitrogen and oxygen atoms in total. The van der Waals surface area contributed by atoms with E-state index in [1.807, 2.05) is 66.1 Å². The lowest BCUT2D eigenvalue weighted by Gasteiger charge is -2.12. The van der Waals surface area contributed by atoms with Crippen molar-refractivity contribution in [2.45, 2.75) is 17.3 Å². The summed E-state index contributed by atoms with van der Waals surface area (Å²) < 4.78 is 1.87. The quantitative estimate of drug-likeness (QED) is 0.572. The van der Waals surface area contributed by atoms with Gasteiger partial charge in [0.15, 0.2) is 10.8 Å². The van der Waals surface area contributed by atoms with Crippen molar-refractivity contribution in [3.8, 4) is 0 Å². The Kier molecular flexibility index (Phi) is 4.07. The molecule has 1 N–H and O–H groups in total. The van der Waals surface area contributed by atoms with Gasteiger partial charge in [-0.05, 0) is 43.3 Å². The zero-order chi connectivity index (χ0) is 17.2. The molecular weight excluding hydrogens is 334 g/mol. The molecule has 0 bridgehead atoms. The Labute approximate surface area is 148 Å². The van der Waals surface area contributed by atoms with Crippen LogP contribution in [0.1, 0.15) is 6.92 Å². The van der Waals surface area contributed by atoms with Crippen LogP contribution in [0.25, 0.3) is 16.6 Å². The summed E-state index contributed by atoms with van der Waals surface area (Å²) in [4.78, 5) is 16.9. The Morgan fingerprint density at radius 3 is 2.96 bits per heavy atom. The van der Waals surface area contributed by atoms with Crippen molar-refractivity contribution in [3.05, 3.63) is 60.9 Å². The van der Waals surface area contributed by atoms with Crippen LogP contribution in [0.5, 0.6) is 0 Å². The van der Waals surface area contributed by atoms with E-state index >= 15 is 0 Å². The standard InChI is InChI=1S/C18H15N5OS/c1-12(25-18-22-21-16-9-2-3-11-23(16)18)17(24)20-15-8-4-7-14-13(15)6-5-10-19-14/h2-12H,1H3,(H,20,24). The van der Waals surface area contributed by atoms with Gasteiger partial charge in [0.1, 0.15) is 0 Å². The fourth-order valence-electron chi connectivity index (χ4n) is 2.56. The van der Waals surface area contributed by atoms with Gasteiger partial charge >= 0.3 is 0 Å². The van der Waals surface area contributed by atoms with E-state index in [4.69, 9.17) is 0 Å². The molecule has 0 spiro atoms. The molecule has 124 valence electrons. The number of benzene rings is 1. The lowest BCUT2D eigenvalue weighted by molar-refractivity contribution is -0.115. The zero-order valence-corrected chi connectivity index (χ0v) is 14.3. The monoisotopic (exact) mass is 349 g/mol. The summed E-state index contributed by atoms with van der Waals surface area (Å²) >= 11 is 1.37. The van der Waals surface area contributed by atoms with Crippen LogP contribution < -0.4 is 5.32 Å². The first-order valence-corrected chi connectivity index (χ1v) is 8.71. The fourth-order valence-corrected chi connectivity index (χ4v) is 3.40. The number of anilines is 1. The summed E-state index contributed by atoms with van der Waals surface area (Å²) in [5, 5.41) is 12.5. The zero-order valence-electron chi connectivity index (χ0n) is 13.5. The fraction of sp³-hybridized carbons (Fsp3) is 0.111. The predicted octanol–water partition coefficient (Wildman–Crippen LogP) is 3.40. The van der Waals surface area contributed by atoms with E-state index in [1.54, 1.807) is 6.20 Å². The summed E-state index contributed by atoms with van der Waals surface area (Å²) in [7, 11) is 0. The maximum absolute atomic E-state index is 12.6. The lowest BCUT2D eigenvalue weighted by atomic mass is 10.2. The molecule has 0 aliphatic carbocycles. The molecule has 0 radical (unpaired) electrons. The van der Waals surface area contributed by atoms with Gasteiger partial charge in [-0.2, -0.15) is 0 Å². The van der Waals surface area contributed by atoms with Gasteiger partial charge < -0.3 is 5.32 Å². The third-order valence-corrected chi connectivity index (χ3v) is 4.89. The Balaban J connectivity index is 1.54. The molecule has 1 aromatic carbocycles. The first-order chi connectivity index (χ1) is 12.2. The number of nitrogens with one attached hydrogen (secondary N) is 1. The Hall–Kier alpha value is -2.93. The van der Waals surface area contributed by atoms with Gasteiger partial charge in [-0.25, -0.2) is 0 Å². The SMILES string of the molecule is CC(Sc1nnc2ccccn12)C(=O)Nc1cccc2ncccc12. The van der Waals surface area contributed by atoms with Crippen LogP contribution in [-0.4, -0.2) is 30.7 Å². The van der Waals surface area contributed by atoms with Crippen LogP contribution in [0.2, 0.25) is 0 Å². The number of aromatic nitrogens is 4. The smallest absolute Gasteiger partial charge is 0.237 e. The summed E-state index contributed by atoms with van der Waals surface area (Å²) in [6.45, 7) is 1.85. The number of nitrogens with zero attached hydrogens (tertiary/aromatic N) is 4. The van der Waals surface area contributed by atoms with E-state index in [1.165, 1.54) is 11.8 Å². The minimum Gasteiger partial charge on any atom is -0.324 e. The highest BCUT2D eigenvalue weighted by Gasteiger charge is 2.18. The average Bonchev–Trinajstić information content (AvgIpc) is 3.05. The molecule has 0 fully saturated rings. The molecule has 0 aliphatic rings. The van der Waals surface area contributed by atoms with Gasteiger partial charge in [-0.3, -0.25) is 14.2 Å². The van der Waals surface area contributed by atoms with Gasteiger partial charge in [0, 0.05) is 17.8 Å². The van der Waals surface area contributed by atoms with Gasteiger partial charge in [-0.15, -0.1) is 10.2 Å². The normalized spacial score (nSPS) is 12.4. The summed E-state index contributed by atoms with van der Waals surface area (Å²) in [6, 6.07) is 15.2. The number of amides is 1. The van der Waals surface area contributed by atoms with E-state index in [-0.39, 0.29) is 11.2 Å². The molecule has 3 heterocycles. The van der Waals surface area contributed by atoms with E-state index < -0.39 is 0 Å². The molecule has 1 unspecified atom stereocenters. The van der Waals surface area contributed by atoms with Crippen LogP contribution in [0, 0.1) is 0 Å². The minimum absolute atomic E-state index is 0.0889. The first-order valence-electron chi connectivity index (χ1n) is 7.83. The topological polar surface area (TPSA) is 72.2 Å². The summed E-state index contributed by atoms with van der Waals surface area (Å²) in [6.07, 6.45) is 3.63. The second kappa shape index (κ2) is 6.52. The van der Waals surface area contributed by atoms with E-state index in [2.05, 4.69) is 20.5 Å². The highest BCUT2D eigenvalue weighted by Crippen LogP contribution is 2.25. The molecule has 3 aromatic heterocycles.